The van der Waals surface area contributed by atoms with Gasteiger partial charge in [0, 0.05) is 24.1 Å². The Labute approximate surface area is 115 Å². The van der Waals surface area contributed by atoms with Crippen LogP contribution in [-0.2, 0) is 4.74 Å². The number of hydrogen-bond donors (Lipinski definition) is 1. The molecule has 3 atom stereocenters. The monoisotopic (exact) mass is 267 g/mol. The highest BCUT2D eigenvalue weighted by Crippen LogP contribution is 2.29. The SMILES string of the molecule is COC1CCCCC1NC(c1cccs1)C(C)C. The minimum Gasteiger partial charge on any atom is -0.380 e. The molecule has 2 rings (SSSR count). The second-order valence-corrected chi connectivity index (χ2v) is 6.55. The van der Waals surface area contributed by atoms with Crippen LogP contribution in [0.3, 0.4) is 0 Å². The Morgan fingerprint density at radius 2 is 2.11 bits per heavy atom. The molecule has 0 saturated heterocycles. The van der Waals surface area contributed by atoms with Crippen LogP contribution in [0.25, 0.3) is 0 Å². The Hall–Kier alpha value is -0.380. The number of rotatable bonds is 5. The van der Waals surface area contributed by atoms with E-state index in [1.165, 1.54) is 30.6 Å². The van der Waals surface area contributed by atoms with Crippen molar-refractivity contribution in [1.29, 1.82) is 0 Å². The van der Waals surface area contributed by atoms with Crippen molar-refractivity contribution in [3.63, 3.8) is 0 Å². The molecule has 1 saturated carbocycles. The maximum absolute atomic E-state index is 5.64. The van der Waals surface area contributed by atoms with Crippen LogP contribution >= 0.6 is 11.3 Å². The van der Waals surface area contributed by atoms with Crippen molar-refractivity contribution in [2.45, 2.75) is 57.7 Å². The van der Waals surface area contributed by atoms with Crippen molar-refractivity contribution in [3.05, 3.63) is 22.4 Å². The topological polar surface area (TPSA) is 21.3 Å². The van der Waals surface area contributed by atoms with Crippen LogP contribution < -0.4 is 5.32 Å². The lowest BCUT2D eigenvalue weighted by atomic mass is 9.90. The summed E-state index contributed by atoms with van der Waals surface area (Å²) < 4.78 is 5.64. The Morgan fingerprint density at radius 1 is 1.33 bits per heavy atom. The smallest absolute Gasteiger partial charge is 0.0724 e. The average molecular weight is 267 g/mol. The summed E-state index contributed by atoms with van der Waals surface area (Å²) in [4.78, 5) is 1.45. The van der Waals surface area contributed by atoms with Crippen LogP contribution in [0.2, 0.25) is 0 Å². The third-order valence-corrected chi connectivity index (χ3v) is 4.87. The van der Waals surface area contributed by atoms with Gasteiger partial charge in [-0.3, -0.25) is 0 Å². The molecule has 0 radical (unpaired) electrons. The van der Waals surface area contributed by atoms with Gasteiger partial charge in [-0.2, -0.15) is 0 Å². The highest BCUT2D eigenvalue weighted by Gasteiger charge is 2.28. The fourth-order valence-electron chi connectivity index (χ4n) is 2.87. The van der Waals surface area contributed by atoms with E-state index in [0.29, 0.717) is 24.1 Å². The van der Waals surface area contributed by atoms with E-state index in [4.69, 9.17) is 4.74 Å². The van der Waals surface area contributed by atoms with Crippen molar-refractivity contribution in [3.8, 4) is 0 Å². The van der Waals surface area contributed by atoms with Crippen molar-refractivity contribution in [2.75, 3.05) is 7.11 Å². The maximum Gasteiger partial charge on any atom is 0.0724 e. The molecule has 3 unspecified atom stereocenters. The van der Waals surface area contributed by atoms with Gasteiger partial charge in [-0.25, -0.2) is 0 Å². The molecule has 0 bridgehead atoms. The van der Waals surface area contributed by atoms with Gasteiger partial charge in [0.2, 0.25) is 0 Å². The zero-order valence-corrected chi connectivity index (χ0v) is 12.5. The van der Waals surface area contributed by atoms with E-state index < -0.39 is 0 Å². The summed E-state index contributed by atoms with van der Waals surface area (Å²) >= 11 is 1.85. The van der Waals surface area contributed by atoms with Crippen LogP contribution in [0.4, 0.5) is 0 Å². The molecule has 1 aliphatic rings. The lowest BCUT2D eigenvalue weighted by molar-refractivity contribution is 0.0355. The molecule has 0 aromatic carbocycles. The van der Waals surface area contributed by atoms with Crippen LogP contribution in [0.15, 0.2) is 17.5 Å². The molecule has 1 N–H and O–H groups in total. The number of ether oxygens (including phenoxy) is 1. The molecular weight excluding hydrogens is 242 g/mol. The summed E-state index contributed by atoms with van der Waals surface area (Å²) in [6.07, 6.45) is 5.46. The Kier molecular flexibility index (Phi) is 5.22. The lowest BCUT2D eigenvalue weighted by Gasteiger charge is -2.35. The molecule has 102 valence electrons. The molecule has 2 nitrogen and oxygen atoms in total. The maximum atomic E-state index is 5.64. The molecule has 1 fully saturated rings. The number of thiophene rings is 1. The van der Waals surface area contributed by atoms with Gasteiger partial charge in [-0.05, 0) is 30.2 Å². The van der Waals surface area contributed by atoms with E-state index in [-0.39, 0.29) is 0 Å². The van der Waals surface area contributed by atoms with E-state index in [9.17, 15) is 0 Å². The molecule has 1 aromatic heterocycles. The summed E-state index contributed by atoms with van der Waals surface area (Å²) in [5.74, 6) is 0.614. The summed E-state index contributed by atoms with van der Waals surface area (Å²) in [5, 5.41) is 6.01. The van der Waals surface area contributed by atoms with Crippen LogP contribution in [0.5, 0.6) is 0 Å². The fraction of sp³-hybridized carbons (Fsp3) is 0.733. The van der Waals surface area contributed by atoms with Crippen LogP contribution in [0, 0.1) is 5.92 Å². The summed E-state index contributed by atoms with van der Waals surface area (Å²) in [5.41, 5.74) is 0. The van der Waals surface area contributed by atoms with Gasteiger partial charge < -0.3 is 10.1 Å². The molecule has 1 aliphatic carbocycles. The minimum absolute atomic E-state index is 0.389. The van der Waals surface area contributed by atoms with Gasteiger partial charge in [0.15, 0.2) is 0 Å². The second-order valence-electron chi connectivity index (χ2n) is 5.57. The van der Waals surface area contributed by atoms with Gasteiger partial charge in [0.05, 0.1) is 6.10 Å². The van der Waals surface area contributed by atoms with E-state index in [2.05, 4.69) is 36.7 Å². The molecule has 1 heterocycles. The molecule has 1 aromatic rings. The zero-order valence-electron chi connectivity index (χ0n) is 11.7. The molecule has 0 spiro atoms. The van der Waals surface area contributed by atoms with E-state index in [0.717, 1.165) is 0 Å². The van der Waals surface area contributed by atoms with Crippen molar-refractivity contribution in [2.24, 2.45) is 5.92 Å². The van der Waals surface area contributed by atoms with E-state index >= 15 is 0 Å². The third-order valence-electron chi connectivity index (χ3n) is 3.92. The Bertz CT molecular complexity index is 336. The zero-order chi connectivity index (χ0) is 13.0. The molecule has 0 aliphatic heterocycles. The minimum atomic E-state index is 0.389. The Morgan fingerprint density at radius 3 is 2.72 bits per heavy atom. The molecule has 3 heteroatoms. The Balaban J connectivity index is 2.04. The number of nitrogens with one attached hydrogen (secondary N) is 1. The predicted octanol–water partition coefficient (Wildman–Crippen LogP) is 3.99. The lowest BCUT2D eigenvalue weighted by Crippen LogP contribution is -2.45. The summed E-state index contributed by atoms with van der Waals surface area (Å²) in [7, 11) is 1.85. The first-order valence-electron chi connectivity index (χ1n) is 7.04. The van der Waals surface area contributed by atoms with E-state index in [1.54, 1.807) is 0 Å². The molecule has 0 amide bonds. The van der Waals surface area contributed by atoms with Crippen LogP contribution in [-0.4, -0.2) is 19.3 Å². The standard InChI is InChI=1S/C15H25NOS/c1-11(2)15(14-9-6-10-18-14)16-12-7-4-5-8-13(12)17-3/h6,9-13,15-16H,4-5,7-8H2,1-3H3. The van der Waals surface area contributed by atoms with Crippen molar-refractivity contribution < 1.29 is 4.74 Å². The van der Waals surface area contributed by atoms with Crippen LogP contribution in [0.1, 0.15) is 50.4 Å². The first-order chi connectivity index (χ1) is 8.72. The van der Waals surface area contributed by atoms with Gasteiger partial charge in [0.25, 0.3) is 0 Å². The van der Waals surface area contributed by atoms with E-state index in [1.807, 2.05) is 18.4 Å². The largest absolute Gasteiger partial charge is 0.380 e. The third kappa shape index (κ3) is 3.34. The number of hydrogen-bond acceptors (Lipinski definition) is 3. The molecular formula is C15H25NOS. The van der Waals surface area contributed by atoms with Gasteiger partial charge in [-0.1, -0.05) is 32.8 Å². The first kappa shape index (κ1) is 14.0. The highest BCUT2D eigenvalue weighted by atomic mass is 32.1. The predicted molar refractivity (Wildman–Crippen MR) is 78.1 cm³/mol. The summed E-state index contributed by atoms with van der Waals surface area (Å²) in [6.45, 7) is 4.59. The first-order valence-corrected chi connectivity index (χ1v) is 7.92. The fourth-order valence-corrected chi connectivity index (χ4v) is 3.83. The van der Waals surface area contributed by atoms with Crippen molar-refractivity contribution >= 4 is 11.3 Å². The average Bonchev–Trinajstić information content (AvgIpc) is 2.89. The second kappa shape index (κ2) is 6.69. The van der Waals surface area contributed by atoms with Gasteiger partial charge in [0.1, 0.15) is 0 Å². The summed E-state index contributed by atoms with van der Waals surface area (Å²) in [6, 6.07) is 5.36. The van der Waals surface area contributed by atoms with Crippen molar-refractivity contribution in [1.82, 2.24) is 5.32 Å². The number of methoxy groups -OCH3 is 1. The normalized spacial score (nSPS) is 26.4. The van der Waals surface area contributed by atoms with Gasteiger partial charge >= 0.3 is 0 Å². The van der Waals surface area contributed by atoms with Gasteiger partial charge in [-0.15, -0.1) is 11.3 Å². The quantitative estimate of drug-likeness (QED) is 0.871. The highest BCUT2D eigenvalue weighted by molar-refractivity contribution is 7.10. The molecule has 18 heavy (non-hydrogen) atoms.